The van der Waals surface area contributed by atoms with Crippen molar-refractivity contribution in [2.24, 2.45) is 0 Å². The number of aliphatic hydroxyl groups excluding tert-OH is 3. The van der Waals surface area contributed by atoms with E-state index in [1.165, 1.54) is 212 Å². The molecule has 1 amide bonds. The summed E-state index contributed by atoms with van der Waals surface area (Å²) in [6.07, 6.45) is 67.3. The summed E-state index contributed by atoms with van der Waals surface area (Å²) in [6.45, 7) is 4.20. The highest BCUT2D eigenvalue weighted by molar-refractivity contribution is 5.76. The van der Waals surface area contributed by atoms with Gasteiger partial charge in [-0.15, -0.1) is 0 Å². The molecule has 0 saturated heterocycles. The molecule has 4 N–H and O–H groups in total. The second-order valence-electron chi connectivity index (χ2n) is 18.5. The van der Waals surface area contributed by atoms with E-state index in [2.05, 4.69) is 55.6 Å². The number of unbranched alkanes of at least 4 members (excludes halogenated alkanes) is 34. The largest absolute Gasteiger partial charge is 0.394 e. The van der Waals surface area contributed by atoms with Crippen LogP contribution in [0.3, 0.4) is 0 Å². The molecule has 0 saturated carbocycles. The first-order valence-corrected chi connectivity index (χ1v) is 26.9. The van der Waals surface area contributed by atoms with Gasteiger partial charge in [-0.2, -0.15) is 0 Å². The third kappa shape index (κ3) is 47.6. The van der Waals surface area contributed by atoms with Crippen molar-refractivity contribution in [3.8, 4) is 0 Å². The van der Waals surface area contributed by atoms with Crippen LogP contribution in [0.1, 0.15) is 277 Å². The topological polar surface area (TPSA) is 89.8 Å². The van der Waals surface area contributed by atoms with Crippen LogP contribution < -0.4 is 5.32 Å². The maximum Gasteiger partial charge on any atom is 0.222 e. The molecule has 0 aliphatic rings. The molecule has 0 fully saturated rings. The number of carbonyl (C=O) groups is 1. The molecular formula is C56H105NO4. The van der Waals surface area contributed by atoms with Gasteiger partial charge in [-0.25, -0.2) is 0 Å². The summed E-state index contributed by atoms with van der Waals surface area (Å²) in [5, 5.41) is 33.3. The van der Waals surface area contributed by atoms with Gasteiger partial charge in [-0.3, -0.25) is 4.79 Å². The lowest BCUT2D eigenvalue weighted by atomic mass is 10.0. The van der Waals surface area contributed by atoms with Gasteiger partial charge in [-0.05, 0) is 70.6 Å². The molecule has 0 spiro atoms. The number of rotatable bonds is 49. The van der Waals surface area contributed by atoms with E-state index in [0.717, 1.165) is 38.5 Å². The SMILES string of the molecule is CCCCCCCC/C=C/CC/C=C/CC/C=C/C(O)C(CO)NC(=O)CC(O)CCCCCCCCCCCCCCCC/C=C\CCCCCCCCCCCCCC. The lowest BCUT2D eigenvalue weighted by Crippen LogP contribution is -2.45. The van der Waals surface area contributed by atoms with Crippen LogP contribution in [0.2, 0.25) is 0 Å². The van der Waals surface area contributed by atoms with Gasteiger partial charge in [0.15, 0.2) is 0 Å². The molecule has 0 bridgehead atoms. The molecule has 0 rings (SSSR count). The summed E-state index contributed by atoms with van der Waals surface area (Å²) in [4.78, 5) is 12.5. The van der Waals surface area contributed by atoms with Gasteiger partial charge in [0.1, 0.15) is 0 Å². The van der Waals surface area contributed by atoms with Crippen LogP contribution in [0, 0.1) is 0 Å². The number of carbonyl (C=O) groups excluding carboxylic acids is 1. The van der Waals surface area contributed by atoms with E-state index in [0.29, 0.717) is 6.42 Å². The molecule has 0 heterocycles. The van der Waals surface area contributed by atoms with Crippen molar-refractivity contribution in [1.29, 1.82) is 0 Å². The van der Waals surface area contributed by atoms with E-state index in [9.17, 15) is 20.1 Å². The van der Waals surface area contributed by atoms with Gasteiger partial charge in [0, 0.05) is 0 Å². The summed E-state index contributed by atoms with van der Waals surface area (Å²) < 4.78 is 0. The number of hydrogen-bond acceptors (Lipinski definition) is 4. The number of amides is 1. The van der Waals surface area contributed by atoms with Gasteiger partial charge in [-0.1, -0.05) is 249 Å². The molecule has 0 aromatic rings. The highest BCUT2D eigenvalue weighted by atomic mass is 16.3. The molecule has 61 heavy (non-hydrogen) atoms. The van der Waals surface area contributed by atoms with Crippen LogP contribution in [0.4, 0.5) is 0 Å². The Morgan fingerprint density at radius 3 is 1.05 bits per heavy atom. The molecule has 0 aliphatic heterocycles. The predicted molar refractivity (Wildman–Crippen MR) is 268 cm³/mol. The van der Waals surface area contributed by atoms with Gasteiger partial charge in [0.25, 0.3) is 0 Å². The van der Waals surface area contributed by atoms with Crippen LogP contribution in [-0.2, 0) is 4.79 Å². The van der Waals surface area contributed by atoms with Crippen molar-refractivity contribution >= 4 is 5.91 Å². The summed E-state index contributed by atoms with van der Waals surface area (Å²) in [5.74, 6) is -0.328. The predicted octanol–water partition coefficient (Wildman–Crippen LogP) is 16.4. The average molecular weight is 856 g/mol. The van der Waals surface area contributed by atoms with E-state index < -0.39 is 18.2 Å². The van der Waals surface area contributed by atoms with E-state index in [1.54, 1.807) is 6.08 Å². The second kappa shape index (κ2) is 50.9. The first kappa shape index (κ1) is 59.3. The second-order valence-corrected chi connectivity index (χ2v) is 18.5. The Morgan fingerprint density at radius 2 is 0.705 bits per heavy atom. The summed E-state index contributed by atoms with van der Waals surface area (Å²) in [6, 6.07) is -0.768. The van der Waals surface area contributed by atoms with Crippen LogP contribution in [0.5, 0.6) is 0 Å². The Hall–Kier alpha value is -1.69. The molecule has 3 atom stereocenters. The van der Waals surface area contributed by atoms with Gasteiger partial charge >= 0.3 is 0 Å². The average Bonchev–Trinajstić information content (AvgIpc) is 3.25. The normalized spacial score (nSPS) is 13.7. The number of aliphatic hydroxyl groups is 3. The summed E-state index contributed by atoms with van der Waals surface area (Å²) >= 11 is 0. The molecule has 0 aromatic carbocycles. The maximum absolute atomic E-state index is 12.5. The van der Waals surface area contributed by atoms with Crippen molar-refractivity contribution in [2.45, 2.75) is 295 Å². The van der Waals surface area contributed by atoms with Crippen molar-refractivity contribution in [3.63, 3.8) is 0 Å². The minimum Gasteiger partial charge on any atom is -0.394 e. The van der Waals surface area contributed by atoms with Crippen LogP contribution in [-0.4, -0.2) is 46.1 Å². The maximum atomic E-state index is 12.5. The smallest absolute Gasteiger partial charge is 0.222 e. The number of nitrogens with one attached hydrogen (secondary N) is 1. The Labute approximate surface area is 380 Å². The lowest BCUT2D eigenvalue weighted by Gasteiger charge is -2.21. The quantitative estimate of drug-likeness (QED) is 0.0362. The van der Waals surface area contributed by atoms with Crippen molar-refractivity contribution in [3.05, 3.63) is 48.6 Å². The summed E-state index contributed by atoms with van der Waals surface area (Å²) in [7, 11) is 0. The molecule has 5 nitrogen and oxygen atoms in total. The first-order chi connectivity index (χ1) is 30.0. The molecule has 3 unspecified atom stereocenters. The lowest BCUT2D eigenvalue weighted by molar-refractivity contribution is -0.124. The van der Waals surface area contributed by atoms with Crippen LogP contribution in [0.25, 0.3) is 0 Å². The first-order valence-electron chi connectivity index (χ1n) is 26.9. The monoisotopic (exact) mass is 856 g/mol. The fourth-order valence-electron chi connectivity index (χ4n) is 8.19. The number of allylic oxidation sites excluding steroid dienone is 7. The van der Waals surface area contributed by atoms with Crippen molar-refractivity contribution in [1.82, 2.24) is 5.32 Å². The molecule has 358 valence electrons. The van der Waals surface area contributed by atoms with E-state index >= 15 is 0 Å². The standard InChI is InChI=1S/C56H105NO4/c1-3-5-7-9-11-13-15-17-19-21-22-23-24-25-26-27-28-29-30-31-32-33-34-35-37-39-41-43-45-47-49-53(59)51-56(61)57-54(52-58)55(60)50-48-46-44-42-40-38-36-20-18-16-14-12-10-8-6-4-2/h18,20,25-26,40,42,48,50,53-55,58-60H,3-17,19,21-24,27-39,41,43-47,49,51-52H2,1-2H3,(H,57,61)/b20-18+,26-25-,42-40+,50-48+. The Morgan fingerprint density at radius 1 is 0.410 bits per heavy atom. The molecular weight excluding hydrogens is 751 g/mol. The fourth-order valence-corrected chi connectivity index (χ4v) is 8.19. The zero-order valence-corrected chi connectivity index (χ0v) is 40.8. The fraction of sp³-hybridized carbons (Fsp3) is 0.839. The molecule has 0 radical (unpaired) electrons. The van der Waals surface area contributed by atoms with E-state index in [1.807, 2.05) is 6.08 Å². The third-order valence-corrected chi connectivity index (χ3v) is 12.3. The minimum absolute atomic E-state index is 0.00285. The zero-order valence-electron chi connectivity index (χ0n) is 40.8. The molecule has 0 aliphatic carbocycles. The van der Waals surface area contributed by atoms with Crippen LogP contribution in [0.15, 0.2) is 48.6 Å². The van der Waals surface area contributed by atoms with E-state index in [4.69, 9.17) is 0 Å². The molecule has 0 aromatic heterocycles. The highest BCUT2D eigenvalue weighted by Crippen LogP contribution is 2.16. The highest BCUT2D eigenvalue weighted by Gasteiger charge is 2.20. The zero-order chi connectivity index (χ0) is 44.4. The Balaban J connectivity index is 3.58. The van der Waals surface area contributed by atoms with Gasteiger partial charge in [0.2, 0.25) is 5.91 Å². The Bertz CT molecular complexity index is 989. The number of hydrogen-bond donors (Lipinski definition) is 4. The molecule has 5 heteroatoms. The van der Waals surface area contributed by atoms with Crippen molar-refractivity contribution < 1.29 is 20.1 Å². The van der Waals surface area contributed by atoms with Gasteiger partial charge in [0.05, 0.1) is 31.3 Å². The summed E-state index contributed by atoms with van der Waals surface area (Å²) in [5.41, 5.74) is 0. The third-order valence-electron chi connectivity index (χ3n) is 12.3. The van der Waals surface area contributed by atoms with E-state index in [-0.39, 0.29) is 18.9 Å². The van der Waals surface area contributed by atoms with Crippen LogP contribution >= 0.6 is 0 Å². The van der Waals surface area contributed by atoms with Crippen molar-refractivity contribution in [2.75, 3.05) is 6.61 Å². The Kier molecular flexibility index (Phi) is 49.5. The minimum atomic E-state index is -0.960. The van der Waals surface area contributed by atoms with Gasteiger partial charge < -0.3 is 20.6 Å².